The van der Waals surface area contributed by atoms with E-state index < -0.39 is 17.7 Å². The molecule has 1 aliphatic carbocycles. The maximum absolute atomic E-state index is 13.4. The highest BCUT2D eigenvalue weighted by Crippen LogP contribution is 2.46. The van der Waals surface area contributed by atoms with Crippen molar-refractivity contribution in [3.8, 4) is 11.5 Å². The van der Waals surface area contributed by atoms with Crippen molar-refractivity contribution in [3.05, 3.63) is 94.6 Å². The molecule has 1 unspecified atom stereocenters. The van der Waals surface area contributed by atoms with Crippen LogP contribution in [0.25, 0.3) is 5.76 Å². The van der Waals surface area contributed by atoms with E-state index in [1.165, 1.54) is 23.6 Å². The number of aliphatic hydroxyl groups is 1. The third kappa shape index (κ3) is 3.52. The first-order valence-electron chi connectivity index (χ1n) is 11.4. The zero-order valence-electron chi connectivity index (χ0n) is 18.8. The van der Waals surface area contributed by atoms with Crippen molar-refractivity contribution in [2.24, 2.45) is 0 Å². The summed E-state index contributed by atoms with van der Waals surface area (Å²) in [6.45, 7) is 0. The van der Waals surface area contributed by atoms with Crippen LogP contribution in [0.15, 0.2) is 72.3 Å². The molecular weight excluding hydrogens is 430 g/mol. The van der Waals surface area contributed by atoms with Gasteiger partial charge in [0.15, 0.2) is 0 Å². The van der Waals surface area contributed by atoms with Gasteiger partial charge in [-0.2, -0.15) is 0 Å². The number of Topliss-reactive ketones (excluding diaryl/α,β-unsaturated/α-hetero) is 1. The van der Waals surface area contributed by atoms with E-state index in [0.717, 1.165) is 31.2 Å². The molecule has 0 bridgehead atoms. The predicted octanol–water partition coefficient (Wildman–Crippen LogP) is 4.91. The first-order chi connectivity index (χ1) is 16.5. The maximum atomic E-state index is 13.4. The zero-order chi connectivity index (χ0) is 23.8. The maximum Gasteiger partial charge on any atom is 0.300 e. The first kappa shape index (κ1) is 21.8. The van der Waals surface area contributed by atoms with Crippen LogP contribution in [0, 0.1) is 0 Å². The molecule has 0 saturated carbocycles. The van der Waals surface area contributed by atoms with Crippen molar-refractivity contribution in [3.63, 3.8) is 0 Å². The van der Waals surface area contributed by atoms with E-state index in [2.05, 4.69) is 0 Å². The monoisotopic (exact) mass is 455 g/mol. The molecule has 172 valence electrons. The van der Waals surface area contributed by atoms with Gasteiger partial charge in [0.25, 0.3) is 11.7 Å². The first-order valence-corrected chi connectivity index (χ1v) is 11.4. The van der Waals surface area contributed by atoms with Gasteiger partial charge in [0.05, 0.1) is 24.4 Å². The number of aliphatic hydroxyl groups excluding tert-OH is 1. The molecule has 6 nitrogen and oxygen atoms in total. The molecule has 0 radical (unpaired) electrons. The molecule has 1 fully saturated rings. The summed E-state index contributed by atoms with van der Waals surface area (Å²) in [5.74, 6) is -1.55. The summed E-state index contributed by atoms with van der Waals surface area (Å²) in [4.78, 5) is 27.9. The third-order valence-electron chi connectivity index (χ3n) is 6.64. The van der Waals surface area contributed by atoms with Crippen LogP contribution < -0.4 is 9.64 Å². The van der Waals surface area contributed by atoms with Crippen molar-refractivity contribution < 1.29 is 24.5 Å². The number of hydrogen-bond acceptors (Lipinski definition) is 5. The summed E-state index contributed by atoms with van der Waals surface area (Å²) in [5, 5.41) is 21.9. The molecule has 34 heavy (non-hydrogen) atoms. The fraction of sp³-hybridized carbons (Fsp3) is 0.214. The van der Waals surface area contributed by atoms with E-state index in [0.29, 0.717) is 16.9 Å². The summed E-state index contributed by atoms with van der Waals surface area (Å²) in [5.41, 5.74) is 3.58. The number of aryl methyl sites for hydroxylation is 2. The van der Waals surface area contributed by atoms with Crippen molar-refractivity contribution in [2.75, 3.05) is 12.0 Å². The lowest BCUT2D eigenvalue weighted by molar-refractivity contribution is -0.132. The lowest BCUT2D eigenvalue weighted by Gasteiger charge is -2.27. The van der Waals surface area contributed by atoms with E-state index in [-0.39, 0.29) is 22.8 Å². The second-order valence-corrected chi connectivity index (χ2v) is 8.59. The van der Waals surface area contributed by atoms with Gasteiger partial charge >= 0.3 is 0 Å². The Morgan fingerprint density at radius 1 is 0.941 bits per heavy atom. The molecule has 1 heterocycles. The van der Waals surface area contributed by atoms with Gasteiger partial charge in [0.2, 0.25) is 0 Å². The summed E-state index contributed by atoms with van der Waals surface area (Å²) < 4.78 is 5.53. The van der Waals surface area contributed by atoms with Crippen LogP contribution in [-0.2, 0) is 22.4 Å². The molecule has 0 spiro atoms. The molecule has 3 aromatic carbocycles. The number of ketones is 1. The molecule has 2 N–H and O–H groups in total. The number of nitrogens with zero attached hydrogens (tertiary/aromatic N) is 1. The second kappa shape index (κ2) is 8.71. The third-order valence-corrected chi connectivity index (χ3v) is 6.64. The highest BCUT2D eigenvalue weighted by molar-refractivity contribution is 6.52. The van der Waals surface area contributed by atoms with Crippen LogP contribution in [0.5, 0.6) is 11.5 Å². The fourth-order valence-electron chi connectivity index (χ4n) is 4.97. The van der Waals surface area contributed by atoms with E-state index in [1.54, 1.807) is 48.5 Å². The Morgan fingerprint density at radius 2 is 1.65 bits per heavy atom. The Kier molecular flexibility index (Phi) is 5.57. The number of amides is 1. The van der Waals surface area contributed by atoms with Gasteiger partial charge in [0.1, 0.15) is 17.3 Å². The van der Waals surface area contributed by atoms with Gasteiger partial charge in [-0.1, -0.05) is 42.5 Å². The second-order valence-electron chi connectivity index (χ2n) is 8.59. The largest absolute Gasteiger partial charge is 0.507 e. The number of methoxy groups -OCH3 is 1. The lowest BCUT2D eigenvalue weighted by Crippen LogP contribution is -2.29. The van der Waals surface area contributed by atoms with Gasteiger partial charge in [-0.05, 0) is 61.1 Å². The van der Waals surface area contributed by atoms with Crippen LogP contribution >= 0.6 is 0 Å². The van der Waals surface area contributed by atoms with Crippen molar-refractivity contribution in [1.82, 2.24) is 0 Å². The Labute approximate surface area is 197 Å². The molecule has 1 atom stereocenters. The minimum Gasteiger partial charge on any atom is -0.507 e. The van der Waals surface area contributed by atoms with Gasteiger partial charge in [-0.3, -0.25) is 14.5 Å². The highest BCUT2D eigenvalue weighted by Gasteiger charge is 2.48. The molecule has 1 saturated heterocycles. The highest BCUT2D eigenvalue weighted by atomic mass is 16.5. The normalized spacial score (nSPS) is 19.2. The quantitative estimate of drug-likeness (QED) is 0.332. The molecule has 1 aliphatic heterocycles. The number of phenolic OH excluding ortho intramolecular Hbond substituents is 1. The number of carbonyl (C=O) groups excluding carboxylic acids is 2. The van der Waals surface area contributed by atoms with Crippen LogP contribution in [0.2, 0.25) is 0 Å². The number of ether oxygens (including phenoxy) is 1. The van der Waals surface area contributed by atoms with Crippen LogP contribution in [0.3, 0.4) is 0 Å². The van der Waals surface area contributed by atoms with E-state index in [9.17, 15) is 19.8 Å². The van der Waals surface area contributed by atoms with E-state index in [1.807, 2.05) is 12.1 Å². The topological polar surface area (TPSA) is 87.1 Å². The lowest BCUT2D eigenvalue weighted by atomic mass is 9.88. The number of carbonyl (C=O) groups is 2. The molecule has 3 aromatic rings. The Hall–Kier alpha value is -4.06. The molecular formula is C28H25NO5. The summed E-state index contributed by atoms with van der Waals surface area (Å²) in [7, 11) is 1.51. The van der Waals surface area contributed by atoms with Crippen LogP contribution in [0.1, 0.15) is 41.1 Å². The molecule has 6 heteroatoms. The van der Waals surface area contributed by atoms with Crippen LogP contribution in [0.4, 0.5) is 5.69 Å². The number of benzene rings is 3. The fourth-order valence-corrected chi connectivity index (χ4v) is 4.97. The van der Waals surface area contributed by atoms with E-state index >= 15 is 0 Å². The number of anilines is 1. The zero-order valence-corrected chi connectivity index (χ0v) is 18.8. The number of rotatable bonds is 4. The van der Waals surface area contributed by atoms with Crippen LogP contribution in [-0.4, -0.2) is 29.0 Å². The van der Waals surface area contributed by atoms with Gasteiger partial charge in [0, 0.05) is 11.1 Å². The summed E-state index contributed by atoms with van der Waals surface area (Å²) in [6, 6.07) is 18.1. The van der Waals surface area contributed by atoms with Gasteiger partial charge < -0.3 is 14.9 Å². The average molecular weight is 456 g/mol. The number of aromatic hydroxyl groups is 1. The number of phenols is 1. The van der Waals surface area contributed by atoms with Crippen molar-refractivity contribution in [2.45, 2.75) is 31.7 Å². The van der Waals surface area contributed by atoms with Gasteiger partial charge in [-0.25, -0.2) is 0 Å². The molecule has 5 rings (SSSR count). The molecule has 2 aliphatic rings. The molecule has 1 amide bonds. The molecule has 0 aromatic heterocycles. The van der Waals surface area contributed by atoms with Gasteiger partial charge in [-0.15, -0.1) is 0 Å². The van der Waals surface area contributed by atoms with Crippen molar-refractivity contribution in [1.29, 1.82) is 0 Å². The smallest absolute Gasteiger partial charge is 0.300 e. The Balaban J connectivity index is 1.74. The standard InChI is InChI=1S/C28H25NO5/c1-34-23-13-7-4-10-20(23)25-24(26(31)19-15-14-17-8-2-3-9-18(17)16-19)27(32)28(33)29(25)21-11-5-6-12-22(21)30/h4-7,10-16,25,30-31H,2-3,8-9H2,1H3/b26-24+. The van der Waals surface area contributed by atoms with Crippen molar-refractivity contribution >= 4 is 23.1 Å². The number of hydrogen-bond donors (Lipinski definition) is 2. The van der Waals surface area contributed by atoms with E-state index in [4.69, 9.17) is 4.74 Å². The Bertz CT molecular complexity index is 1330. The number of para-hydroxylation sites is 3. The Morgan fingerprint density at radius 3 is 2.41 bits per heavy atom. The minimum absolute atomic E-state index is 0.0338. The minimum atomic E-state index is -0.972. The average Bonchev–Trinajstić information content (AvgIpc) is 3.13. The SMILES string of the molecule is COc1ccccc1C1/C(=C(\O)c2ccc3c(c2)CCCC3)C(=O)C(=O)N1c1ccccc1O. The summed E-state index contributed by atoms with van der Waals surface area (Å²) in [6.07, 6.45) is 4.13. The predicted molar refractivity (Wildman–Crippen MR) is 129 cm³/mol. The summed E-state index contributed by atoms with van der Waals surface area (Å²) >= 11 is 0. The number of fused-ring (bicyclic) bond motifs is 1.